The van der Waals surface area contributed by atoms with Gasteiger partial charge in [-0.05, 0) is 30.7 Å². The largest absolute Gasteiger partial charge is 0.507 e. The summed E-state index contributed by atoms with van der Waals surface area (Å²) in [4.78, 5) is 11.6. The van der Waals surface area contributed by atoms with Crippen molar-refractivity contribution in [3.63, 3.8) is 0 Å². The van der Waals surface area contributed by atoms with Gasteiger partial charge in [-0.2, -0.15) is 0 Å². The molecule has 2 rings (SSSR count). The minimum absolute atomic E-state index is 0.0940. The van der Waals surface area contributed by atoms with E-state index in [-0.39, 0.29) is 5.75 Å². The molecule has 0 unspecified atom stereocenters. The van der Waals surface area contributed by atoms with Gasteiger partial charge in [-0.25, -0.2) is 4.79 Å². The Kier molecular flexibility index (Phi) is 2.77. The van der Waals surface area contributed by atoms with Gasteiger partial charge in [-0.3, -0.25) is 0 Å². The van der Waals surface area contributed by atoms with Crippen molar-refractivity contribution in [2.45, 2.75) is 13.3 Å². The van der Waals surface area contributed by atoms with Crippen LogP contribution in [0, 0.1) is 0 Å². The second-order valence-electron chi connectivity index (χ2n) is 3.49. The number of benzene rings is 1. The SMILES string of the molecule is CC/C=C\c1cc2c(O)cccc2c(=O)o1. The Morgan fingerprint density at radius 2 is 2.19 bits per heavy atom. The maximum Gasteiger partial charge on any atom is 0.344 e. The van der Waals surface area contributed by atoms with Crippen molar-refractivity contribution < 1.29 is 9.52 Å². The maximum absolute atomic E-state index is 11.6. The summed E-state index contributed by atoms with van der Waals surface area (Å²) in [6.45, 7) is 1.99. The fraction of sp³-hybridized carbons (Fsp3) is 0.154. The molecule has 0 aliphatic heterocycles. The first kappa shape index (κ1) is 10.5. The van der Waals surface area contributed by atoms with Crippen LogP contribution in [0.1, 0.15) is 19.1 Å². The molecular weight excluding hydrogens is 204 g/mol. The Hall–Kier alpha value is -2.03. The molecular formula is C13H12O3. The average molecular weight is 216 g/mol. The Bertz CT molecular complexity index is 594. The fourth-order valence-electron chi connectivity index (χ4n) is 1.53. The Balaban J connectivity index is 2.70. The van der Waals surface area contributed by atoms with Crippen LogP contribution >= 0.6 is 0 Å². The van der Waals surface area contributed by atoms with Gasteiger partial charge in [0.2, 0.25) is 0 Å². The molecule has 3 nitrogen and oxygen atoms in total. The van der Waals surface area contributed by atoms with Crippen molar-refractivity contribution >= 4 is 16.8 Å². The predicted octanol–water partition coefficient (Wildman–Crippen LogP) is 2.92. The van der Waals surface area contributed by atoms with Crippen molar-refractivity contribution in [3.05, 3.63) is 46.5 Å². The van der Waals surface area contributed by atoms with Gasteiger partial charge < -0.3 is 9.52 Å². The van der Waals surface area contributed by atoms with Crippen LogP contribution in [-0.4, -0.2) is 5.11 Å². The lowest BCUT2D eigenvalue weighted by atomic mass is 10.1. The molecule has 0 aliphatic rings. The highest BCUT2D eigenvalue weighted by Crippen LogP contribution is 2.23. The highest BCUT2D eigenvalue weighted by Gasteiger charge is 2.05. The zero-order valence-corrected chi connectivity index (χ0v) is 8.93. The summed E-state index contributed by atoms with van der Waals surface area (Å²) in [7, 11) is 0. The van der Waals surface area contributed by atoms with E-state index >= 15 is 0 Å². The van der Waals surface area contributed by atoms with Crippen LogP contribution in [0.3, 0.4) is 0 Å². The molecule has 0 spiro atoms. The van der Waals surface area contributed by atoms with Gasteiger partial charge in [0, 0.05) is 5.39 Å². The minimum Gasteiger partial charge on any atom is -0.507 e. The van der Waals surface area contributed by atoms with Gasteiger partial charge in [-0.15, -0.1) is 0 Å². The summed E-state index contributed by atoms with van der Waals surface area (Å²) in [5.74, 6) is 0.553. The highest BCUT2D eigenvalue weighted by molar-refractivity contribution is 5.87. The van der Waals surface area contributed by atoms with Gasteiger partial charge in [0.1, 0.15) is 11.5 Å². The summed E-state index contributed by atoms with van der Waals surface area (Å²) >= 11 is 0. The van der Waals surface area contributed by atoms with Crippen LogP contribution < -0.4 is 5.63 Å². The predicted molar refractivity (Wildman–Crippen MR) is 63.5 cm³/mol. The number of hydrogen-bond donors (Lipinski definition) is 1. The number of phenols is 1. The van der Waals surface area contributed by atoms with Crippen LogP contribution in [0.2, 0.25) is 0 Å². The first-order chi connectivity index (χ1) is 7.72. The molecule has 16 heavy (non-hydrogen) atoms. The third-order valence-corrected chi connectivity index (χ3v) is 2.32. The summed E-state index contributed by atoms with van der Waals surface area (Å²) in [5, 5.41) is 10.6. The molecule has 0 bridgehead atoms. The molecule has 82 valence electrons. The van der Waals surface area contributed by atoms with Crippen molar-refractivity contribution in [1.82, 2.24) is 0 Å². The van der Waals surface area contributed by atoms with E-state index in [0.29, 0.717) is 16.5 Å². The molecule has 1 N–H and O–H groups in total. The number of hydrogen-bond acceptors (Lipinski definition) is 3. The number of rotatable bonds is 2. The fourth-order valence-corrected chi connectivity index (χ4v) is 1.53. The lowest BCUT2D eigenvalue weighted by Gasteiger charge is -2.00. The maximum atomic E-state index is 11.6. The molecule has 0 radical (unpaired) electrons. The molecule has 0 atom stereocenters. The third kappa shape index (κ3) is 1.84. The Morgan fingerprint density at radius 3 is 2.94 bits per heavy atom. The molecule has 0 aliphatic carbocycles. The summed E-state index contributed by atoms with van der Waals surface area (Å²) in [6.07, 6.45) is 4.49. The zero-order chi connectivity index (χ0) is 11.5. The summed E-state index contributed by atoms with van der Waals surface area (Å²) < 4.78 is 5.09. The van der Waals surface area contributed by atoms with Gasteiger partial charge >= 0.3 is 5.63 Å². The van der Waals surface area contributed by atoms with Crippen LogP contribution in [0.5, 0.6) is 5.75 Å². The van der Waals surface area contributed by atoms with Crippen molar-refractivity contribution in [2.75, 3.05) is 0 Å². The van der Waals surface area contributed by atoms with Crippen LogP contribution in [0.25, 0.3) is 16.8 Å². The molecule has 2 aromatic rings. The number of fused-ring (bicyclic) bond motifs is 1. The summed E-state index contributed by atoms with van der Waals surface area (Å²) in [6, 6.07) is 6.47. The Morgan fingerprint density at radius 1 is 1.38 bits per heavy atom. The molecule has 1 aromatic heterocycles. The van der Waals surface area contributed by atoms with Gasteiger partial charge in [0.15, 0.2) is 0 Å². The van der Waals surface area contributed by atoms with Crippen LogP contribution in [-0.2, 0) is 0 Å². The van der Waals surface area contributed by atoms with E-state index in [0.717, 1.165) is 6.42 Å². The average Bonchev–Trinajstić information content (AvgIpc) is 2.28. The van der Waals surface area contributed by atoms with E-state index in [9.17, 15) is 9.90 Å². The van der Waals surface area contributed by atoms with Gasteiger partial charge in [0.05, 0.1) is 5.39 Å². The van der Waals surface area contributed by atoms with Crippen molar-refractivity contribution in [2.24, 2.45) is 0 Å². The topological polar surface area (TPSA) is 50.4 Å². The molecule has 1 heterocycles. The third-order valence-electron chi connectivity index (χ3n) is 2.32. The number of aromatic hydroxyl groups is 1. The van der Waals surface area contributed by atoms with Crippen LogP contribution in [0.4, 0.5) is 0 Å². The molecule has 1 aromatic carbocycles. The molecule has 0 fully saturated rings. The molecule has 3 heteroatoms. The smallest absolute Gasteiger partial charge is 0.344 e. The normalized spacial score (nSPS) is 11.3. The lowest BCUT2D eigenvalue weighted by Crippen LogP contribution is -1.99. The lowest BCUT2D eigenvalue weighted by molar-refractivity contribution is 0.478. The molecule has 0 amide bonds. The monoisotopic (exact) mass is 216 g/mol. The number of allylic oxidation sites excluding steroid dienone is 1. The summed E-state index contributed by atoms with van der Waals surface area (Å²) in [5.41, 5.74) is -0.427. The standard InChI is InChI=1S/C13H12O3/c1-2-3-5-9-8-11-10(13(15)16-9)6-4-7-12(11)14/h3-8,14H,2H2,1H3/b5-3-. The van der Waals surface area contributed by atoms with Crippen molar-refractivity contribution in [3.8, 4) is 5.75 Å². The zero-order valence-electron chi connectivity index (χ0n) is 8.93. The van der Waals surface area contributed by atoms with E-state index in [4.69, 9.17) is 4.42 Å². The first-order valence-corrected chi connectivity index (χ1v) is 5.14. The minimum atomic E-state index is -0.427. The molecule has 0 saturated carbocycles. The Labute approximate surface area is 92.6 Å². The van der Waals surface area contributed by atoms with E-state index in [1.165, 1.54) is 0 Å². The van der Waals surface area contributed by atoms with Gasteiger partial charge in [-0.1, -0.05) is 19.1 Å². The quantitative estimate of drug-likeness (QED) is 0.839. The van der Waals surface area contributed by atoms with E-state index < -0.39 is 5.63 Å². The number of phenolic OH excluding ortho intramolecular Hbond substituents is 1. The van der Waals surface area contributed by atoms with Crippen molar-refractivity contribution in [1.29, 1.82) is 0 Å². The molecule has 0 saturated heterocycles. The second-order valence-corrected chi connectivity index (χ2v) is 3.49. The first-order valence-electron chi connectivity index (χ1n) is 5.14. The second kappa shape index (κ2) is 4.23. The van der Waals surface area contributed by atoms with Crippen LogP contribution in [0.15, 0.2) is 39.6 Å². The van der Waals surface area contributed by atoms with E-state index in [1.54, 1.807) is 30.3 Å². The van der Waals surface area contributed by atoms with E-state index in [1.807, 2.05) is 13.0 Å². The van der Waals surface area contributed by atoms with E-state index in [2.05, 4.69) is 0 Å². The van der Waals surface area contributed by atoms with Gasteiger partial charge in [0.25, 0.3) is 0 Å². The highest BCUT2D eigenvalue weighted by atomic mass is 16.4.